The standard InChI is InChI=1S/C18H22N6O2/c1-23-11-12(10-20-23)13-4-3-5-14-15(13)22-16(21-14)18(24(2)17(25)26)6-8-19-9-7-18/h3-5,10-11,19H,6-9H2,1-2H3,(H,21,22)(H,25,26). The zero-order valence-electron chi connectivity index (χ0n) is 14.9. The molecule has 0 unspecified atom stereocenters. The van der Waals surface area contributed by atoms with Crippen molar-refractivity contribution in [2.45, 2.75) is 18.4 Å². The maximum Gasteiger partial charge on any atom is 0.407 e. The second-order valence-electron chi connectivity index (χ2n) is 6.81. The number of hydrogen-bond donors (Lipinski definition) is 3. The van der Waals surface area contributed by atoms with E-state index < -0.39 is 11.6 Å². The Kier molecular flexibility index (Phi) is 3.91. The molecule has 8 heteroatoms. The quantitative estimate of drug-likeness (QED) is 0.669. The molecule has 0 aliphatic carbocycles. The number of rotatable bonds is 3. The van der Waals surface area contributed by atoms with Crippen LogP contribution in [0.4, 0.5) is 4.79 Å². The Bertz CT molecular complexity index is 954. The van der Waals surface area contributed by atoms with E-state index in [1.165, 1.54) is 4.90 Å². The fraction of sp³-hybridized carbons (Fsp3) is 0.389. The van der Waals surface area contributed by atoms with Gasteiger partial charge in [-0.3, -0.25) is 9.58 Å². The van der Waals surface area contributed by atoms with Crippen molar-refractivity contribution in [1.82, 2.24) is 30.0 Å². The van der Waals surface area contributed by atoms with Crippen molar-refractivity contribution < 1.29 is 9.90 Å². The third-order valence-electron chi connectivity index (χ3n) is 5.33. The van der Waals surface area contributed by atoms with Crippen LogP contribution in [0, 0.1) is 0 Å². The van der Waals surface area contributed by atoms with Crippen molar-refractivity contribution in [1.29, 1.82) is 0 Å². The number of amides is 1. The molecule has 136 valence electrons. The number of aryl methyl sites for hydroxylation is 1. The summed E-state index contributed by atoms with van der Waals surface area (Å²) >= 11 is 0. The number of carbonyl (C=O) groups is 1. The van der Waals surface area contributed by atoms with Crippen molar-refractivity contribution in [2.75, 3.05) is 20.1 Å². The molecule has 3 aromatic rings. The van der Waals surface area contributed by atoms with Gasteiger partial charge >= 0.3 is 6.09 Å². The lowest BCUT2D eigenvalue weighted by atomic mass is 9.86. The molecule has 4 rings (SSSR count). The van der Waals surface area contributed by atoms with E-state index in [2.05, 4.69) is 15.4 Å². The predicted molar refractivity (Wildman–Crippen MR) is 97.9 cm³/mol. The summed E-state index contributed by atoms with van der Waals surface area (Å²) in [6.45, 7) is 1.51. The smallest absolute Gasteiger partial charge is 0.407 e. The fourth-order valence-corrected chi connectivity index (χ4v) is 3.80. The van der Waals surface area contributed by atoms with Gasteiger partial charge in [-0.25, -0.2) is 9.78 Å². The highest BCUT2D eigenvalue weighted by molar-refractivity contribution is 5.91. The highest BCUT2D eigenvalue weighted by Crippen LogP contribution is 2.37. The van der Waals surface area contributed by atoms with Crippen LogP contribution in [0.1, 0.15) is 18.7 Å². The van der Waals surface area contributed by atoms with Gasteiger partial charge in [-0.2, -0.15) is 5.10 Å². The summed E-state index contributed by atoms with van der Waals surface area (Å²) in [5.41, 5.74) is 3.06. The van der Waals surface area contributed by atoms with Crippen molar-refractivity contribution >= 4 is 17.1 Å². The Morgan fingerprint density at radius 1 is 1.35 bits per heavy atom. The molecule has 0 spiro atoms. The van der Waals surface area contributed by atoms with Gasteiger partial charge in [-0.05, 0) is 32.0 Å². The first-order valence-electron chi connectivity index (χ1n) is 8.67. The summed E-state index contributed by atoms with van der Waals surface area (Å²) in [5.74, 6) is 0.704. The fourth-order valence-electron chi connectivity index (χ4n) is 3.80. The van der Waals surface area contributed by atoms with Gasteiger partial charge in [0.25, 0.3) is 0 Å². The molecule has 26 heavy (non-hydrogen) atoms. The molecule has 0 atom stereocenters. The predicted octanol–water partition coefficient (Wildman–Crippen LogP) is 2.15. The molecule has 0 bridgehead atoms. The second-order valence-corrected chi connectivity index (χ2v) is 6.81. The first kappa shape index (κ1) is 16.6. The summed E-state index contributed by atoms with van der Waals surface area (Å²) in [5, 5.41) is 17.2. The summed E-state index contributed by atoms with van der Waals surface area (Å²) < 4.78 is 1.76. The van der Waals surface area contributed by atoms with E-state index in [-0.39, 0.29) is 0 Å². The van der Waals surface area contributed by atoms with Crippen molar-refractivity contribution in [2.24, 2.45) is 7.05 Å². The SMILES string of the molecule is CN(C(=O)O)C1(c2nc3c(-c4cnn(C)c4)cccc3[nH]2)CCNCC1. The molecule has 3 heterocycles. The normalized spacial score (nSPS) is 16.7. The van der Waals surface area contributed by atoms with Gasteiger partial charge in [0.1, 0.15) is 11.4 Å². The maximum atomic E-state index is 11.7. The van der Waals surface area contributed by atoms with E-state index in [0.29, 0.717) is 18.7 Å². The Morgan fingerprint density at radius 2 is 2.12 bits per heavy atom. The van der Waals surface area contributed by atoms with Crippen LogP contribution in [0.3, 0.4) is 0 Å². The number of fused-ring (bicyclic) bond motifs is 1. The topological polar surface area (TPSA) is 99.1 Å². The number of H-pyrrole nitrogens is 1. The highest BCUT2D eigenvalue weighted by Gasteiger charge is 2.43. The van der Waals surface area contributed by atoms with Gasteiger partial charge in [0, 0.05) is 31.4 Å². The van der Waals surface area contributed by atoms with E-state index in [1.54, 1.807) is 11.7 Å². The van der Waals surface area contributed by atoms with Crippen LogP contribution in [0.15, 0.2) is 30.6 Å². The highest BCUT2D eigenvalue weighted by atomic mass is 16.4. The van der Waals surface area contributed by atoms with Gasteiger partial charge in [0.2, 0.25) is 0 Å². The van der Waals surface area contributed by atoms with Crippen LogP contribution in [-0.2, 0) is 12.6 Å². The van der Waals surface area contributed by atoms with Gasteiger partial charge < -0.3 is 15.4 Å². The van der Waals surface area contributed by atoms with Crippen molar-refractivity contribution in [3.8, 4) is 11.1 Å². The largest absolute Gasteiger partial charge is 0.465 e. The molecule has 1 aliphatic heterocycles. The number of benzene rings is 1. The average molecular weight is 354 g/mol. The first-order valence-corrected chi connectivity index (χ1v) is 8.67. The number of para-hydroxylation sites is 1. The molecule has 1 fully saturated rings. The summed E-state index contributed by atoms with van der Waals surface area (Å²) in [7, 11) is 3.51. The molecule has 8 nitrogen and oxygen atoms in total. The molecule has 1 aromatic carbocycles. The number of piperidine rings is 1. The Morgan fingerprint density at radius 3 is 2.77 bits per heavy atom. The van der Waals surface area contributed by atoms with Crippen LogP contribution in [-0.4, -0.2) is 56.0 Å². The van der Waals surface area contributed by atoms with Crippen LogP contribution in [0.25, 0.3) is 22.2 Å². The Labute approximate surface area is 150 Å². The second kappa shape index (κ2) is 6.14. The molecular formula is C18H22N6O2. The number of imidazole rings is 1. The molecule has 3 N–H and O–H groups in total. The van der Waals surface area contributed by atoms with Crippen molar-refractivity contribution in [3.05, 3.63) is 36.4 Å². The first-order chi connectivity index (χ1) is 12.5. The Balaban J connectivity index is 1.87. The summed E-state index contributed by atoms with van der Waals surface area (Å²) in [4.78, 5) is 21.4. The average Bonchev–Trinajstić information content (AvgIpc) is 3.27. The minimum absolute atomic E-state index is 0.650. The van der Waals surface area contributed by atoms with Gasteiger partial charge in [0.05, 0.1) is 17.2 Å². The number of nitrogens with one attached hydrogen (secondary N) is 2. The molecule has 0 radical (unpaired) electrons. The molecule has 0 saturated carbocycles. The van der Waals surface area contributed by atoms with Gasteiger partial charge in [-0.1, -0.05) is 12.1 Å². The van der Waals surface area contributed by atoms with Gasteiger partial charge in [-0.15, -0.1) is 0 Å². The van der Waals surface area contributed by atoms with Crippen molar-refractivity contribution in [3.63, 3.8) is 0 Å². The lowest BCUT2D eigenvalue weighted by Gasteiger charge is -2.41. The van der Waals surface area contributed by atoms with Crippen LogP contribution >= 0.6 is 0 Å². The number of aromatic nitrogens is 4. The summed E-state index contributed by atoms with van der Waals surface area (Å²) in [6, 6.07) is 5.96. The third-order valence-corrected chi connectivity index (χ3v) is 5.33. The van der Waals surface area contributed by atoms with Crippen LogP contribution < -0.4 is 5.32 Å². The lowest BCUT2D eigenvalue weighted by molar-refractivity contribution is 0.0651. The number of hydrogen-bond acceptors (Lipinski definition) is 4. The van der Waals surface area contributed by atoms with E-state index in [0.717, 1.165) is 35.2 Å². The third kappa shape index (κ3) is 2.53. The number of nitrogens with zero attached hydrogens (tertiary/aromatic N) is 4. The van der Waals surface area contributed by atoms with E-state index in [4.69, 9.17) is 4.98 Å². The number of carboxylic acid groups (broad SMARTS) is 1. The Hall–Kier alpha value is -2.87. The maximum absolute atomic E-state index is 11.7. The lowest BCUT2D eigenvalue weighted by Crippen LogP contribution is -2.53. The molecule has 2 aromatic heterocycles. The number of aromatic amines is 1. The van der Waals surface area contributed by atoms with E-state index in [1.807, 2.05) is 37.6 Å². The van der Waals surface area contributed by atoms with Crippen LogP contribution in [0.5, 0.6) is 0 Å². The summed E-state index contributed by atoms with van der Waals surface area (Å²) in [6.07, 6.45) is 4.18. The zero-order chi connectivity index (χ0) is 18.3. The molecular weight excluding hydrogens is 332 g/mol. The zero-order valence-corrected chi connectivity index (χ0v) is 14.9. The van der Waals surface area contributed by atoms with Gasteiger partial charge in [0.15, 0.2) is 0 Å². The van der Waals surface area contributed by atoms with E-state index >= 15 is 0 Å². The monoisotopic (exact) mass is 354 g/mol. The minimum Gasteiger partial charge on any atom is -0.465 e. The van der Waals surface area contributed by atoms with Crippen LogP contribution in [0.2, 0.25) is 0 Å². The molecule has 1 aliphatic rings. The van der Waals surface area contributed by atoms with E-state index in [9.17, 15) is 9.90 Å². The minimum atomic E-state index is -0.945. The molecule has 1 saturated heterocycles. The molecule has 1 amide bonds.